The molecule has 2 aromatic carbocycles. The van der Waals surface area contributed by atoms with Gasteiger partial charge in [-0.15, -0.1) is 0 Å². The number of para-hydroxylation sites is 1. The maximum absolute atomic E-state index is 12.1. The molecule has 0 fully saturated rings. The number of hydrogen-bond acceptors (Lipinski definition) is 6. The topological polar surface area (TPSA) is 90.7 Å². The van der Waals surface area contributed by atoms with Crippen LogP contribution in [0, 0.1) is 0 Å². The lowest BCUT2D eigenvalue weighted by atomic mass is 10.2. The van der Waals surface area contributed by atoms with Gasteiger partial charge < -0.3 is 19.3 Å². The summed E-state index contributed by atoms with van der Waals surface area (Å²) in [5.74, 6) is 0.0187. The standard InChI is InChI=1S/C20H18N2O5/c1-25-17-10-6-5-9-16(17)20(24)21-12-19(23)26-13-15-11-18(27-22-15)14-7-3-2-4-8-14/h2-11H,12-13H2,1H3,(H,21,24). The number of nitrogens with one attached hydrogen (secondary N) is 1. The Labute approximate surface area is 155 Å². The summed E-state index contributed by atoms with van der Waals surface area (Å²) in [4.78, 5) is 24.0. The number of nitrogens with zero attached hydrogens (tertiary/aromatic N) is 1. The number of ether oxygens (including phenoxy) is 2. The molecule has 0 spiro atoms. The summed E-state index contributed by atoms with van der Waals surface area (Å²) in [5.41, 5.74) is 1.71. The summed E-state index contributed by atoms with van der Waals surface area (Å²) < 4.78 is 15.5. The van der Waals surface area contributed by atoms with E-state index in [0.717, 1.165) is 5.56 Å². The fourth-order valence-electron chi connectivity index (χ4n) is 2.40. The monoisotopic (exact) mass is 366 g/mol. The van der Waals surface area contributed by atoms with E-state index >= 15 is 0 Å². The van der Waals surface area contributed by atoms with Gasteiger partial charge in [0.05, 0.1) is 12.7 Å². The molecule has 0 unspecified atom stereocenters. The normalized spacial score (nSPS) is 10.3. The van der Waals surface area contributed by atoms with Crippen molar-refractivity contribution in [1.29, 1.82) is 0 Å². The van der Waals surface area contributed by atoms with E-state index in [4.69, 9.17) is 14.0 Å². The van der Waals surface area contributed by atoms with Gasteiger partial charge in [0, 0.05) is 11.6 Å². The lowest BCUT2D eigenvalue weighted by molar-refractivity contribution is -0.143. The van der Waals surface area contributed by atoms with Crippen molar-refractivity contribution in [3.63, 3.8) is 0 Å². The first-order valence-electron chi connectivity index (χ1n) is 8.25. The van der Waals surface area contributed by atoms with E-state index in [0.29, 0.717) is 22.8 Å². The largest absolute Gasteiger partial charge is 0.496 e. The zero-order chi connectivity index (χ0) is 19.1. The van der Waals surface area contributed by atoms with Crippen molar-refractivity contribution >= 4 is 11.9 Å². The molecule has 7 nitrogen and oxygen atoms in total. The van der Waals surface area contributed by atoms with Crippen LogP contribution in [-0.4, -0.2) is 30.7 Å². The third-order valence-corrected chi connectivity index (χ3v) is 3.74. The molecule has 0 saturated heterocycles. The van der Waals surface area contributed by atoms with Gasteiger partial charge in [-0.2, -0.15) is 0 Å². The van der Waals surface area contributed by atoms with E-state index in [-0.39, 0.29) is 13.2 Å². The van der Waals surface area contributed by atoms with Crippen LogP contribution in [-0.2, 0) is 16.1 Å². The zero-order valence-electron chi connectivity index (χ0n) is 14.7. The highest BCUT2D eigenvalue weighted by Crippen LogP contribution is 2.20. The van der Waals surface area contributed by atoms with Gasteiger partial charge in [0.2, 0.25) is 0 Å². The molecule has 0 bridgehead atoms. The Balaban J connectivity index is 1.49. The van der Waals surface area contributed by atoms with Gasteiger partial charge in [-0.3, -0.25) is 9.59 Å². The second-order valence-corrected chi connectivity index (χ2v) is 5.59. The van der Waals surface area contributed by atoms with Crippen LogP contribution >= 0.6 is 0 Å². The van der Waals surface area contributed by atoms with Crippen molar-refractivity contribution in [3.05, 3.63) is 71.9 Å². The highest BCUT2D eigenvalue weighted by atomic mass is 16.5. The summed E-state index contributed by atoms with van der Waals surface area (Å²) >= 11 is 0. The van der Waals surface area contributed by atoms with Crippen LogP contribution in [0.1, 0.15) is 16.1 Å². The Morgan fingerprint density at radius 2 is 1.81 bits per heavy atom. The van der Waals surface area contributed by atoms with Gasteiger partial charge in [-0.1, -0.05) is 47.6 Å². The quantitative estimate of drug-likeness (QED) is 0.647. The third kappa shape index (κ3) is 4.72. The molecule has 0 aliphatic heterocycles. The van der Waals surface area contributed by atoms with E-state index in [9.17, 15) is 9.59 Å². The smallest absolute Gasteiger partial charge is 0.325 e. The Morgan fingerprint density at radius 1 is 1.07 bits per heavy atom. The molecule has 138 valence electrons. The highest BCUT2D eigenvalue weighted by Gasteiger charge is 2.14. The lowest BCUT2D eigenvalue weighted by Gasteiger charge is -2.08. The summed E-state index contributed by atoms with van der Waals surface area (Å²) in [6.07, 6.45) is 0. The second kappa shape index (κ2) is 8.66. The molecule has 0 aliphatic carbocycles. The van der Waals surface area contributed by atoms with Gasteiger partial charge in [0.1, 0.15) is 24.6 Å². The third-order valence-electron chi connectivity index (χ3n) is 3.74. The van der Waals surface area contributed by atoms with Crippen molar-refractivity contribution in [3.8, 4) is 17.1 Å². The Morgan fingerprint density at radius 3 is 2.59 bits per heavy atom. The van der Waals surface area contributed by atoms with Gasteiger partial charge in [0.15, 0.2) is 5.76 Å². The number of benzene rings is 2. The van der Waals surface area contributed by atoms with Crippen molar-refractivity contribution in [1.82, 2.24) is 10.5 Å². The number of hydrogen-bond donors (Lipinski definition) is 1. The van der Waals surface area contributed by atoms with E-state index in [1.54, 1.807) is 30.3 Å². The minimum Gasteiger partial charge on any atom is -0.496 e. The van der Waals surface area contributed by atoms with Gasteiger partial charge >= 0.3 is 5.97 Å². The molecule has 3 rings (SSSR count). The van der Waals surface area contributed by atoms with E-state index in [2.05, 4.69) is 10.5 Å². The van der Waals surface area contributed by atoms with Crippen LogP contribution in [0.4, 0.5) is 0 Å². The second-order valence-electron chi connectivity index (χ2n) is 5.59. The van der Waals surface area contributed by atoms with E-state index in [1.807, 2.05) is 30.3 Å². The van der Waals surface area contributed by atoms with Crippen LogP contribution in [0.25, 0.3) is 11.3 Å². The summed E-state index contributed by atoms with van der Waals surface area (Å²) in [6.45, 7) is -0.306. The average Bonchev–Trinajstić information content (AvgIpc) is 3.20. The molecule has 0 saturated carbocycles. The van der Waals surface area contributed by atoms with Gasteiger partial charge in [0.25, 0.3) is 5.91 Å². The summed E-state index contributed by atoms with van der Waals surface area (Å²) in [6, 6.07) is 17.9. The minimum absolute atomic E-state index is 0.0420. The van der Waals surface area contributed by atoms with Crippen LogP contribution < -0.4 is 10.1 Å². The maximum Gasteiger partial charge on any atom is 0.325 e. The fourth-order valence-corrected chi connectivity index (χ4v) is 2.40. The average molecular weight is 366 g/mol. The van der Waals surface area contributed by atoms with Crippen LogP contribution in [0.5, 0.6) is 5.75 Å². The fraction of sp³-hybridized carbons (Fsp3) is 0.150. The van der Waals surface area contributed by atoms with Crippen LogP contribution in [0.15, 0.2) is 65.2 Å². The molecule has 27 heavy (non-hydrogen) atoms. The maximum atomic E-state index is 12.1. The molecule has 0 aliphatic rings. The summed E-state index contributed by atoms with van der Waals surface area (Å²) in [5, 5.41) is 6.38. The van der Waals surface area contributed by atoms with Gasteiger partial charge in [-0.25, -0.2) is 0 Å². The van der Waals surface area contributed by atoms with Crippen molar-refractivity contribution < 1.29 is 23.6 Å². The SMILES string of the molecule is COc1ccccc1C(=O)NCC(=O)OCc1cc(-c2ccccc2)on1. The number of amides is 1. The first-order valence-corrected chi connectivity index (χ1v) is 8.25. The molecule has 1 heterocycles. The Bertz CT molecular complexity index is 921. The first-order chi connectivity index (χ1) is 13.2. The molecule has 1 amide bonds. The van der Waals surface area contributed by atoms with Crippen molar-refractivity contribution in [2.24, 2.45) is 0 Å². The molecular formula is C20H18N2O5. The lowest BCUT2D eigenvalue weighted by Crippen LogP contribution is -2.30. The van der Waals surface area contributed by atoms with Crippen molar-refractivity contribution in [2.75, 3.05) is 13.7 Å². The Kier molecular flexibility index (Phi) is 5.84. The molecule has 1 aromatic heterocycles. The molecule has 0 atom stereocenters. The molecular weight excluding hydrogens is 348 g/mol. The number of esters is 1. The summed E-state index contributed by atoms with van der Waals surface area (Å²) in [7, 11) is 1.47. The number of carbonyl (C=O) groups is 2. The van der Waals surface area contributed by atoms with Crippen molar-refractivity contribution in [2.45, 2.75) is 6.61 Å². The molecule has 3 aromatic rings. The van der Waals surface area contributed by atoms with Crippen LogP contribution in [0.2, 0.25) is 0 Å². The minimum atomic E-state index is -0.581. The predicted molar refractivity (Wildman–Crippen MR) is 97.1 cm³/mol. The predicted octanol–water partition coefficient (Wildman–Crippen LogP) is 2.82. The van der Waals surface area contributed by atoms with Gasteiger partial charge in [-0.05, 0) is 12.1 Å². The first kappa shape index (κ1) is 18.2. The Hall–Kier alpha value is -3.61. The van der Waals surface area contributed by atoms with Crippen LogP contribution in [0.3, 0.4) is 0 Å². The molecule has 0 radical (unpaired) electrons. The molecule has 1 N–H and O–H groups in total. The van der Waals surface area contributed by atoms with E-state index < -0.39 is 11.9 Å². The van der Waals surface area contributed by atoms with E-state index in [1.165, 1.54) is 7.11 Å². The number of methoxy groups -OCH3 is 1. The molecule has 7 heteroatoms. The number of rotatable bonds is 7. The highest BCUT2D eigenvalue weighted by molar-refractivity contribution is 5.98. The zero-order valence-corrected chi connectivity index (χ0v) is 14.7. The number of aromatic nitrogens is 1. The number of carbonyl (C=O) groups excluding carboxylic acids is 2.